The van der Waals surface area contributed by atoms with Crippen LogP contribution in [0.2, 0.25) is 0 Å². The van der Waals surface area contributed by atoms with Gasteiger partial charge in [0.05, 0.1) is 0 Å². The molecule has 16 heavy (non-hydrogen) atoms. The zero-order valence-corrected chi connectivity index (χ0v) is 11.0. The number of carbonyl (C=O) groups excluding carboxylic acids is 1. The Morgan fingerprint density at radius 1 is 1.19 bits per heavy atom. The van der Waals surface area contributed by atoms with Gasteiger partial charge in [0.25, 0.3) is 0 Å². The molecule has 1 nitrogen and oxygen atoms in total. The van der Waals surface area contributed by atoms with Crippen molar-refractivity contribution >= 4 is 17.5 Å². The molecule has 0 aromatic heterocycles. The summed E-state index contributed by atoms with van der Waals surface area (Å²) in [6.45, 7) is 4.13. The minimum Gasteiger partial charge on any atom is -0.294 e. The lowest BCUT2D eigenvalue weighted by molar-refractivity contribution is 0.0985. The molecule has 0 bridgehead atoms. The van der Waals surface area contributed by atoms with Crippen LogP contribution in [0.1, 0.15) is 49.9 Å². The zero-order valence-electron chi connectivity index (χ0n) is 10.2. The third-order valence-corrected chi connectivity index (χ3v) is 3.67. The average Bonchev–Trinajstić information content (AvgIpc) is 2.34. The van der Waals surface area contributed by atoms with Crippen molar-refractivity contribution in [2.24, 2.45) is 0 Å². The maximum absolute atomic E-state index is 11.7. The molecular formula is C14H20OS. The van der Waals surface area contributed by atoms with Crippen molar-refractivity contribution < 1.29 is 4.79 Å². The third kappa shape index (κ3) is 4.01. The van der Waals surface area contributed by atoms with Crippen LogP contribution in [-0.4, -0.2) is 11.5 Å². The van der Waals surface area contributed by atoms with E-state index in [2.05, 4.69) is 13.0 Å². The molecule has 0 N–H and O–H groups in total. The molecule has 1 rings (SSSR count). The van der Waals surface area contributed by atoms with Crippen LogP contribution in [0, 0.1) is 0 Å². The molecule has 0 amide bonds. The number of Topliss-reactive ketones (excluding diaryl/α,β-unsaturated/α-hetero) is 1. The topological polar surface area (TPSA) is 17.1 Å². The van der Waals surface area contributed by atoms with Crippen LogP contribution >= 0.6 is 11.8 Å². The van der Waals surface area contributed by atoms with Gasteiger partial charge in [0.15, 0.2) is 5.78 Å². The average molecular weight is 236 g/mol. The summed E-state index contributed by atoms with van der Waals surface area (Å²) in [6, 6.07) is 7.95. The molecule has 0 atom stereocenters. The molecule has 0 unspecified atom stereocenters. The Hall–Kier alpha value is -0.760. The highest BCUT2D eigenvalue weighted by atomic mass is 32.2. The van der Waals surface area contributed by atoms with Crippen molar-refractivity contribution in [1.82, 2.24) is 0 Å². The van der Waals surface area contributed by atoms with E-state index in [1.54, 1.807) is 0 Å². The van der Waals surface area contributed by atoms with Crippen LogP contribution in [0.5, 0.6) is 0 Å². The highest BCUT2D eigenvalue weighted by molar-refractivity contribution is 7.99. The highest BCUT2D eigenvalue weighted by Crippen LogP contribution is 2.24. The molecule has 2 heteroatoms. The Balaban J connectivity index is 2.60. The summed E-state index contributed by atoms with van der Waals surface area (Å²) in [6.07, 6.45) is 4.34. The molecule has 0 heterocycles. The predicted octanol–water partition coefficient (Wildman–Crippen LogP) is 4.56. The van der Waals surface area contributed by atoms with Crippen molar-refractivity contribution in [3.05, 3.63) is 29.8 Å². The predicted molar refractivity (Wildman–Crippen MR) is 71.3 cm³/mol. The van der Waals surface area contributed by atoms with Gasteiger partial charge in [-0.15, -0.1) is 11.8 Å². The zero-order chi connectivity index (χ0) is 11.8. The van der Waals surface area contributed by atoms with Crippen LogP contribution in [0.3, 0.4) is 0 Å². The fraction of sp³-hybridized carbons (Fsp3) is 0.500. The largest absolute Gasteiger partial charge is 0.294 e. The Morgan fingerprint density at radius 3 is 2.62 bits per heavy atom. The molecule has 0 spiro atoms. The number of rotatable bonds is 7. The first-order valence-corrected chi connectivity index (χ1v) is 7.03. The van der Waals surface area contributed by atoms with Crippen LogP contribution in [-0.2, 0) is 0 Å². The van der Waals surface area contributed by atoms with Crippen molar-refractivity contribution in [2.75, 3.05) is 5.75 Å². The van der Waals surface area contributed by atoms with E-state index >= 15 is 0 Å². The highest BCUT2D eigenvalue weighted by Gasteiger charge is 2.08. The summed E-state index contributed by atoms with van der Waals surface area (Å²) < 4.78 is 0. The number of thioether (sulfide) groups is 1. The van der Waals surface area contributed by atoms with Gasteiger partial charge in [-0.2, -0.15) is 0 Å². The molecule has 0 aliphatic heterocycles. The Bertz CT molecular complexity index is 333. The summed E-state index contributed by atoms with van der Waals surface area (Å²) in [7, 11) is 0. The normalized spacial score (nSPS) is 10.4. The van der Waals surface area contributed by atoms with Gasteiger partial charge in [0, 0.05) is 16.9 Å². The van der Waals surface area contributed by atoms with Gasteiger partial charge in [-0.3, -0.25) is 4.79 Å². The minimum atomic E-state index is 0.249. The summed E-state index contributed by atoms with van der Waals surface area (Å²) in [5.41, 5.74) is 0.895. The Kier molecular flexibility index (Phi) is 6.24. The number of carbonyl (C=O) groups is 1. The van der Waals surface area contributed by atoms with E-state index in [9.17, 15) is 4.79 Å². The van der Waals surface area contributed by atoms with Gasteiger partial charge < -0.3 is 0 Å². The molecule has 1 aromatic carbocycles. The lowest BCUT2D eigenvalue weighted by Gasteiger charge is -2.06. The number of hydrogen-bond donors (Lipinski definition) is 0. The van der Waals surface area contributed by atoms with Crippen LogP contribution in [0.25, 0.3) is 0 Å². The first kappa shape index (κ1) is 13.3. The number of benzene rings is 1. The molecule has 0 aliphatic rings. The van der Waals surface area contributed by atoms with Crippen molar-refractivity contribution in [3.63, 3.8) is 0 Å². The van der Waals surface area contributed by atoms with Gasteiger partial charge in [-0.05, 0) is 18.2 Å². The summed E-state index contributed by atoms with van der Waals surface area (Å²) in [5, 5.41) is 0. The molecular weight excluding hydrogens is 216 g/mol. The van der Waals surface area contributed by atoms with Crippen molar-refractivity contribution in [2.45, 2.75) is 44.4 Å². The molecule has 0 saturated heterocycles. The number of hydrogen-bond acceptors (Lipinski definition) is 2. The molecule has 88 valence electrons. The SMILES string of the molecule is CCCCCSc1ccccc1C(=O)CC. The van der Waals surface area contributed by atoms with Crippen molar-refractivity contribution in [1.29, 1.82) is 0 Å². The Morgan fingerprint density at radius 2 is 1.94 bits per heavy atom. The monoisotopic (exact) mass is 236 g/mol. The molecule has 1 aromatic rings. The maximum atomic E-state index is 11.7. The molecule has 0 saturated carbocycles. The maximum Gasteiger partial charge on any atom is 0.163 e. The van der Waals surface area contributed by atoms with E-state index in [4.69, 9.17) is 0 Å². The standard InChI is InChI=1S/C14H20OS/c1-3-5-8-11-16-14-10-7-6-9-12(14)13(15)4-2/h6-7,9-10H,3-5,8,11H2,1-2H3. The Labute approximate surface area is 103 Å². The van der Waals surface area contributed by atoms with Gasteiger partial charge >= 0.3 is 0 Å². The second-order valence-electron chi connectivity index (χ2n) is 3.83. The van der Waals surface area contributed by atoms with Gasteiger partial charge in [0.1, 0.15) is 0 Å². The van der Waals surface area contributed by atoms with E-state index in [1.807, 2.05) is 36.9 Å². The fourth-order valence-electron chi connectivity index (χ4n) is 1.55. The van der Waals surface area contributed by atoms with E-state index < -0.39 is 0 Å². The summed E-state index contributed by atoms with van der Waals surface area (Å²) in [4.78, 5) is 12.9. The number of ketones is 1. The molecule has 0 fully saturated rings. The van der Waals surface area contributed by atoms with E-state index in [0.29, 0.717) is 6.42 Å². The second-order valence-corrected chi connectivity index (χ2v) is 4.97. The van der Waals surface area contributed by atoms with Crippen LogP contribution in [0.4, 0.5) is 0 Å². The number of unbranched alkanes of at least 4 members (excludes halogenated alkanes) is 2. The first-order valence-electron chi connectivity index (χ1n) is 6.04. The first-order chi connectivity index (χ1) is 7.79. The molecule has 0 aliphatic carbocycles. The van der Waals surface area contributed by atoms with E-state index in [1.165, 1.54) is 19.3 Å². The van der Waals surface area contributed by atoms with Crippen LogP contribution < -0.4 is 0 Å². The molecule has 0 radical (unpaired) electrons. The van der Waals surface area contributed by atoms with Crippen LogP contribution in [0.15, 0.2) is 29.2 Å². The summed E-state index contributed by atoms with van der Waals surface area (Å²) in [5.74, 6) is 1.36. The van der Waals surface area contributed by atoms with E-state index in [-0.39, 0.29) is 5.78 Å². The smallest absolute Gasteiger partial charge is 0.163 e. The summed E-state index contributed by atoms with van der Waals surface area (Å²) >= 11 is 1.81. The van der Waals surface area contributed by atoms with Gasteiger partial charge in [-0.25, -0.2) is 0 Å². The third-order valence-electron chi connectivity index (χ3n) is 2.51. The second kappa shape index (κ2) is 7.50. The van der Waals surface area contributed by atoms with Gasteiger partial charge in [0.2, 0.25) is 0 Å². The van der Waals surface area contributed by atoms with E-state index in [0.717, 1.165) is 16.2 Å². The fourth-order valence-corrected chi connectivity index (χ4v) is 2.63. The lowest BCUT2D eigenvalue weighted by Crippen LogP contribution is -1.98. The minimum absolute atomic E-state index is 0.249. The quantitative estimate of drug-likeness (QED) is 0.392. The van der Waals surface area contributed by atoms with Crippen molar-refractivity contribution in [3.8, 4) is 0 Å². The van der Waals surface area contributed by atoms with Gasteiger partial charge in [-0.1, -0.05) is 44.9 Å². The lowest BCUT2D eigenvalue weighted by atomic mass is 10.1.